The fourth-order valence-electron chi connectivity index (χ4n) is 2.75. The largest absolute Gasteiger partial charge is 0.435 e. The Labute approximate surface area is 176 Å². The minimum absolute atomic E-state index is 0.114. The van der Waals surface area contributed by atoms with E-state index < -0.39 is 28.5 Å². The zero-order valence-electron chi connectivity index (χ0n) is 16.5. The van der Waals surface area contributed by atoms with Crippen LogP contribution in [0, 0.1) is 5.82 Å². The van der Waals surface area contributed by atoms with Gasteiger partial charge in [-0.1, -0.05) is 5.10 Å². The summed E-state index contributed by atoms with van der Waals surface area (Å²) >= 11 is 0. The summed E-state index contributed by atoms with van der Waals surface area (Å²) in [7, 11) is -3.99. The van der Waals surface area contributed by atoms with Gasteiger partial charge in [-0.3, -0.25) is 4.57 Å². The molecule has 0 radical (unpaired) electrons. The van der Waals surface area contributed by atoms with Gasteiger partial charge in [0.15, 0.2) is 5.82 Å². The third kappa shape index (κ3) is 5.52. The van der Waals surface area contributed by atoms with Gasteiger partial charge in [0.25, 0.3) is 0 Å². The van der Waals surface area contributed by atoms with Crippen LogP contribution in [0.4, 0.5) is 13.2 Å². The molecule has 1 atom stereocenters. The number of rotatable bonds is 9. The fourth-order valence-corrected chi connectivity index (χ4v) is 3.96. The lowest BCUT2D eigenvalue weighted by Gasteiger charge is -2.15. The molecular formula is C19H19F3N4O4S. The topological polar surface area (TPSA) is 95.3 Å². The third-order valence-electron chi connectivity index (χ3n) is 4.16. The van der Waals surface area contributed by atoms with E-state index in [4.69, 9.17) is 4.74 Å². The Kier molecular flexibility index (Phi) is 6.81. The third-order valence-corrected chi connectivity index (χ3v) is 5.72. The summed E-state index contributed by atoms with van der Waals surface area (Å²) in [4.78, 5) is -0.133. The number of alkyl halides is 2. The first-order chi connectivity index (χ1) is 14.7. The molecule has 0 aliphatic heterocycles. The Morgan fingerprint density at radius 2 is 1.65 bits per heavy atom. The van der Waals surface area contributed by atoms with Gasteiger partial charge in [0, 0.05) is 6.54 Å². The molecule has 0 aliphatic rings. The van der Waals surface area contributed by atoms with Crippen molar-refractivity contribution in [2.75, 3.05) is 0 Å². The lowest BCUT2D eigenvalue weighted by molar-refractivity contribution is -0.0498. The molecule has 0 fully saturated rings. The lowest BCUT2D eigenvalue weighted by atomic mass is 10.3. The number of halogens is 3. The van der Waals surface area contributed by atoms with Gasteiger partial charge >= 0.3 is 12.6 Å². The number of hydrogen-bond acceptors (Lipinski definition) is 6. The molecule has 0 spiro atoms. The molecule has 166 valence electrons. The predicted octanol–water partition coefficient (Wildman–Crippen LogP) is 3.87. The molecule has 2 aromatic carbocycles. The first-order valence-corrected chi connectivity index (χ1v) is 10.6. The van der Waals surface area contributed by atoms with Crippen molar-refractivity contribution in [2.45, 2.75) is 37.9 Å². The van der Waals surface area contributed by atoms with E-state index in [1.165, 1.54) is 24.3 Å². The fraction of sp³-hybridized carbons (Fsp3) is 0.263. The van der Waals surface area contributed by atoms with Gasteiger partial charge in [-0.15, -0.1) is 5.10 Å². The highest BCUT2D eigenvalue weighted by atomic mass is 32.2. The van der Waals surface area contributed by atoms with Crippen LogP contribution in [0.3, 0.4) is 0 Å². The van der Waals surface area contributed by atoms with Gasteiger partial charge in [0.05, 0.1) is 10.9 Å². The van der Waals surface area contributed by atoms with Crippen LogP contribution in [0.1, 0.15) is 25.7 Å². The highest BCUT2D eigenvalue weighted by Crippen LogP contribution is 2.25. The zero-order valence-corrected chi connectivity index (χ0v) is 17.3. The number of ether oxygens (including phenoxy) is 2. The van der Waals surface area contributed by atoms with E-state index in [1.54, 1.807) is 18.4 Å². The summed E-state index contributed by atoms with van der Waals surface area (Å²) in [5, 5.41) is 7.95. The second kappa shape index (κ2) is 9.35. The summed E-state index contributed by atoms with van der Waals surface area (Å²) < 4.78 is 76.7. The summed E-state index contributed by atoms with van der Waals surface area (Å²) in [6.45, 7) is 0.744. The quantitative estimate of drug-likeness (QED) is 0.525. The van der Waals surface area contributed by atoms with Crippen LogP contribution in [-0.4, -0.2) is 29.8 Å². The van der Waals surface area contributed by atoms with Crippen molar-refractivity contribution in [3.05, 3.63) is 60.2 Å². The molecule has 1 N–H and O–H groups in total. The zero-order chi connectivity index (χ0) is 22.6. The first kappa shape index (κ1) is 22.6. The van der Waals surface area contributed by atoms with E-state index in [9.17, 15) is 21.6 Å². The highest BCUT2D eigenvalue weighted by molar-refractivity contribution is 7.89. The number of sulfonamides is 1. The van der Waals surface area contributed by atoms with Crippen molar-refractivity contribution in [3.63, 3.8) is 0 Å². The molecule has 31 heavy (non-hydrogen) atoms. The molecule has 1 heterocycles. The average molecular weight is 456 g/mol. The Bertz CT molecular complexity index is 1120. The minimum Gasteiger partial charge on any atom is -0.435 e. The van der Waals surface area contributed by atoms with Crippen LogP contribution in [0.25, 0.3) is 0 Å². The van der Waals surface area contributed by atoms with Crippen LogP contribution >= 0.6 is 0 Å². The van der Waals surface area contributed by atoms with Gasteiger partial charge in [0.1, 0.15) is 17.3 Å². The molecule has 0 aliphatic carbocycles. The number of benzene rings is 2. The Balaban J connectivity index is 1.77. The smallest absolute Gasteiger partial charge is 0.387 e. The number of nitrogens with one attached hydrogen (secondary N) is 1. The van der Waals surface area contributed by atoms with Crippen molar-refractivity contribution in [2.24, 2.45) is 0 Å². The van der Waals surface area contributed by atoms with Crippen molar-refractivity contribution in [1.29, 1.82) is 0 Å². The summed E-state index contributed by atoms with van der Waals surface area (Å²) in [5.41, 5.74) is 0. The van der Waals surface area contributed by atoms with E-state index in [1.807, 2.05) is 0 Å². The summed E-state index contributed by atoms with van der Waals surface area (Å²) in [6, 6.07) is 9.22. The monoisotopic (exact) mass is 456 g/mol. The van der Waals surface area contributed by atoms with E-state index in [2.05, 4.69) is 19.7 Å². The first-order valence-electron chi connectivity index (χ1n) is 9.13. The van der Waals surface area contributed by atoms with Gasteiger partial charge < -0.3 is 9.47 Å². The Hall–Kier alpha value is -3.12. The van der Waals surface area contributed by atoms with Crippen LogP contribution < -0.4 is 14.2 Å². The van der Waals surface area contributed by atoms with Gasteiger partial charge in [-0.2, -0.15) is 8.78 Å². The van der Waals surface area contributed by atoms with E-state index >= 15 is 0 Å². The van der Waals surface area contributed by atoms with E-state index in [-0.39, 0.29) is 16.7 Å². The highest BCUT2D eigenvalue weighted by Gasteiger charge is 2.24. The molecule has 0 saturated carbocycles. The van der Waals surface area contributed by atoms with Crippen molar-refractivity contribution < 1.29 is 31.1 Å². The molecule has 8 nitrogen and oxygen atoms in total. The van der Waals surface area contributed by atoms with Gasteiger partial charge in [-0.25, -0.2) is 17.5 Å². The number of hydrogen-bond donors (Lipinski definition) is 1. The average Bonchev–Trinajstić information content (AvgIpc) is 3.12. The van der Waals surface area contributed by atoms with Gasteiger partial charge in [-0.05, 0) is 62.4 Å². The predicted molar refractivity (Wildman–Crippen MR) is 104 cm³/mol. The maximum atomic E-state index is 13.1. The maximum Gasteiger partial charge on any atom is 0.387 e. The maximum absolute atomic E-state index is 13.1. The van der Waals surface area contributed by atoms with Crippen molar-refractivity contribution in [1.82, 2.24) is 19.5 Å². The van der Waals surface area contributed by atoms with Crippen LogP contribution in [0.2, 0.25) is 0 Å². The molecule has 3 aromatic rings. The van der Waals surface area contributed by atoms with Crippen LogP contribution in [0.15, 0.2) is 53.4 Å². The Morgan fingerprint density at radius 3 is 2.23 bits per heavy atom. The standard InChI is InChI=1S/C19H19F3N4O4S/c1-3-26-17(23-24-19(26)30-15-6-4-13(20)5-7-15)12(2)25-31(27,28)16-10-8-14(9-11-16)29-18(21)22/h4-12,18,25H,3H2,1-2H3/t12-/m1/s1. The van der Waals surface area contributed by atoms with Crippen LogP contribution in [0.5, 0.6) is 17.5 Å². The van der Waals surface area contributed by atoms with E-state index in [0.29, 0.717) is 18.1 Å². The SMILES string of the molecule is CCn1c(Oc2ccc(F)cc2)nnc1[C@@H](C)NS(=O)(=O)c1ccc(OC(F)F)cc1. The number of aromatic nitrogens is 3. The molecule has 0 amide bonds. The van der Waals surface area contributed by atoms with Crippen molar-refractivity contribution >= 4 is 10.0 Å². The Morgan fingerprint density at radius 1 is 1.03 bits per heavy atom. The molecule has 12 heteroatoms. The molecule has 0 bridgehead atoms. The molecular weight excluding hydrogens is 437 g/mol. The lowest BCUT2D eigenvalue weighted by Crippen LogP contribution is -2.29. The van der Waals surface area contributed by atoms with Crippen LogP contribution in [-0.2, 0) is 16.6 Å². The normalized spacial score (nSPS) is 12.7. The van der Waals surface area contributed by atoms with Gasteiger partial charge in [0.2, 0.25) is 10.0 Å². The van der Waals surface area contributed by atoms with E-state index in [0.717, 1.165) is 24.3 Å². The molecule has 1 aromatic heterocycles. The van der Waals surface area contributed by atoms with Crippen molar-refractivity contribution in [3.8, 4) is 17.5 Å². The molecule has 0 unspecified atom stereocenters. The second-order valence-electron chi connectivity index (χ2n) is 6.33. The molecule has 3 rings (SSSR count). The minimum atomic E-state index is -3.99. The second-order valence-corrected chi connectivity index (χ2v) is 8.05. The molecule has 0 saturated heterocycles. The number of nitrogens with zero attached hydrogens (tertiary/aromatic N) is 3. The summed E-state index contributed by atoms with van der Waals surface area (Å²) in [6.07, 6.45) is 0. The summed E-state index contributed by atoms with van der Waals surface area (Å²) in [5.74, 6) is 0.0624.